The van der Waals surface area contributed by atoms with Crippen molar-refractivity contribution in [1.29, 1.82) is 0 Å². The van der Waals surface area contributed by atoms with Crippen molar-refractivity contribution in [2.75, 3.05) is 0 Å². The standard InChI is InChI=1S/C12H14/c1-2-10-7-5-8-11-6-3-4-9-12(10)11/h2,5,7-8H,1,3-4,6,9H2. The summed E-state index contributed by atoms with van der Waals surface area (Å²) in [5.41, 5.74) is 4.42. The number of hydrogen-bond donors (Lipinski definition) is 0. The molecule has 1 aliphatic rings. The van der Waals surface area contributed by atoms with Crippen molar-refractivity contribution in [3.63, 3.8) is 0 Å². The van der Waals surface area contributed by atoms with Crippen LogP contribution in [0, 0.1) is 0 Å². The molecule has 0 atom stereocenters. The molecule has 0 radical (unpaired) electrons. The topological polar surface area (TPSA) is 0 Å². The Labute approximate surface area is 73.9 Å². The van der Waals surface area contributed by atoms with Crippen LogP contribution in [-0.2, 0) is 12.8 Å². The zero-order valence-corrected chi connectivity index (χ0v) is 7.34. The third-order valence-corrected chi connectivity index (χ3v) is 2.65. The van der Waals surface area contributed by atoms with Gasteiger partial charge in [0.25, 0.3) is 0 Å². The molecule has 0 aliphatic heterocycles. The maximum absolute atomic E-state index is 3.84. The van der Waals surface area contributed by atoms with E-state index in [1.807, 2.05) is 6.08 Å². The summed E-state index contributed by atoms with van der Waals surface area (Å²) >= 11 is 0. The summed E-state index contributed by atoms with van der Waals surface area (Å²) in [5.74, 6) is 0. The number of rotatable bonds is 1. The van der Waals surface area contributed by atoms with Crippen LogP contribution in [0.15, 0.2) is 24.8 Å². The molecule has 1 aliphatic carbocycles. The molecule has 2 rings (SSSR count). The predicted octanol–water partition coefficient (Wildman–Crippen LogP) is 3.21. The van der Waals surface area contributed by atoms with Gasteiger partial charge in [0.05, 0.1) is 0 Å². The Kier molecular flexibility index (Phi) is 1.99. The van der Waals surface area contributed by atoms with Crippen LogP contribution in [0.4, 0.5) is 0 Å². The van der Waals surface area contributed by atoms with Gasteiger partial charge in [-0.05, 0) is 42.4 Å². The lowest BCUT2D eigenvalue weighted by Crippen LogP contribution is -2.03. The van der Waals surface area contributed by atoms with Crippen molar-refractivity contribution >= 4 is 6.08 Å². The van der Waals surface area contributed by atoms with Crippen LogP contribution in [0.25, 0.3) is 6.08 Å². The number of hydrogen-bond acceptors (Lipinski definition) is 0. The van der Waals surface area contributed by atoms with Crippen molar-refractivity contribution < 1.29 is 0 Å². The molecule has 12 heavy (non-hydrogen) atoms. The molecule has 0 saturated heterocycles. The Hall–Kier alpha value is -1.04. The lowest BCUT2D eigenvalue weighted by molar-refractivity contribution is 0.684. The first-order valence-electron chi connectivity index (χ1n) is 4.65. The summed E-state index contributed by atoms with van der Waals surface area (Å²) in [6.07, 6.45) is 7.18. The molecule has 0 spiro atoms. The molecule has 0 N–H and O–H groups in total. The second kappa shape index (κ2) is 3.14. The second-order valence-electron chi connectivity index (χ2n) is 3.40. The van der Waals surface area contributed by atoms with Crippen LogP contribution in [-0.4, -0.2) is 0 Å². The fourth-order valence-corrected chi connectivity index (χ4v) is 2.00. The zero-order valence-electron chi connectivity index (χ0n) is 7.34. The van der Waals surface area contributed by atoms with Crippen molar-refractivity contribution in [3.05, 3.63) is 41.5 Å². The summed E-state index contributed by atoms with van der Waals surface area (Å²) in [7, 11) is 0. The summed E-state index contributed by atoms with van der Waals surface area (Å²) in [5, 5.41) is 0. The minimum Gasteiger partial charge on any atom is -0.0985 e. The molecule has 0 saturated carbocycles. The van der Waals surface area contributed by atoms with Gasteiger partial charge in [0.15, 0.2) is 0 Å². The van der Waals surface area contributed by atoms with Gasteiger partial charge in [-0.3, -0.25) is 0 Å². The normalized spacial score (nSPS) is 15.3. The van der Waals surface area contributed by atoms with Gasteiger partial charge < -0.3 is 0 Å². The van der Waals surface area contributed by atoms with E-state index in [-0.39, 0.29) is 0 Å². The van der Waals surface area contributed by atoms with Crippen molar-refractivity contribution in [3.8, 4) is 0 Å². The Balaban J connectivity index is 2.51. The maximum Gasteiger partial charge on any atom is -0.0228 e. The Bertz CT molecular complexity index is 297. The zero-order chi connectivity index (χ0) is 8.39. The van der Waals surface area contributed by atoms with Crippen LogP contribution in [0.5, 0.6) is 0 Å². The molecule has 0 amide bonds. The summed E-state index contributed by atoms with van der Waals surface area (Å²) < 4.78 is 0. The first kappa shape index (κ1) is 7.60. The molecule has 0 fully saturated rings. The van der Waals surface area contributed by atoms with Crippen LogP contribution in [0.2, 0.25) is 0 Å². The highest BCUT2D eigenvalue weighted by Crippen LogP contribution is 2.24. The van der Waals surface area contributed by atoms with Gasteiger partial charge in [-0.1, -0.05) is 30.9 Å². The second-order valence-corrected chi connectivity index (χ2v) is 3.40. The number of fused-ring (bicyclic) bond motifs is 1. The van der Waals surface area contributed by atoms with Gasteiger partial charge in [0.1, 0.15) is 0 Å². The largest absolute Gasteiger partial charge is 0.0985 e. The van der Waals surface area contributed by atoms with Crippen LogP contribution in [0.1, 0.15) is 29.5 Å². The smallest absolute Gasteiger partial charge is 0.0228 e. The molecule has 0 aromatic heterocycles. The SMILES string of the molecule is C=Cc1cccc2c1CCCC2. The fourth-order valence-electron chi connectivity index (χ4n) is 2.00. The highest BCUT2D eigenvalue weighted by atomic mass is 14.1. The first-order valence-corrected chi connectivity index (χ1v) is 4.65. The molecule has 62 valence electrons. The van der Waals surface area contributed by atoms with E-state index >= 15 is 0 Å². The number of benzene rings is 1. The highest BCUT2D eigenvalue weighted by Gasteiger charge is 2.10. The minimum atomic E-state index is 1.25. The van der Waals surface area contributed by atoms with E-state index in [1.165, 1.54) is 31.2 Å². The molecule has 0 heterocycles. The summed E-state index contributed by atoms with van der Waals surface area (Å²) in [6.45, 7) is 3.84. The summed E-state index contributed by atoms with van der Waals surface area (Å²) in [6, 6.07) is 6.56. The fraction of sp³-hybridized carbons (Fsp3) is 0.333. The first-order chi connectivity index (χ1) is 5.92. The van der Waals surface area contributed by atoms with Crippen LogP contribution < -0.4 is 0 Å². The maximum atomic E-state index is 3.84. The Morgan fingerprint density at radius 1 is 1.17 bits per heavy atom. The molecular weight excluding hydrogens is 144 g/mol. The lowest BCUT2D eigenvalue weighted by atomic mass is 9.88. The Morgan fingerprint density at radius 2 is 2.00 bits per heavy atom. The van der Waals surface area contributed by atoms with Gasteiger partial charge in [-0.2, -0.15) is 0 Å². The van der Waals surface area contributed by atoms with Crippen molar-refractivity contribution in [2.45, 2.75) is 25.7 Å². The Morgan fingerprint density at radius 3 is 2.83 bits per heavy atom. The minimum absolute atomic E-state index is 1.25. The average Bonchev–Trinajstić information content (AvgIpc) is 2.17. The van der Waals surface area contributed by atoms with Crippen LogP contribution >= 0.6 is 0 Å². The number of aryl methyl sites for hydroxylation is 1. The van der Waals surface area contributed by atoms with E-state index in [0.717, 1.165) is 0 Å². The molecule has 1 aromatic carbocycles. The van der Waals surface area contributed by atoms with Crippen LogP contribution in [0.3, 0.4) is 0 Å². The highest BCUT2D eigenvalue weighted by molar-refractivity contribution is 5.54. The molecule has 0 heteroatoms. The third kappa shape index (κ3) is 1.18. The van der Waals surface area contributed by atoms with Gasteiger partial charge in [0, 0.05) is 0 Å². The quantitative estimate of drug-likeness (QED) is 0.588. The molecule has 0 nitrogen and oxygen atoms in total. The molecule has 0 unspecified atom stereocenters. The average molecular weight is 158 g/mol. The van der Waals surface area contributed by atoms with Crippen molar-refractivity contribution in [1.82, 2.24) is 0 Å². The van der Waals surface area contributed by atoms with Crippen molar-refractivity contribution in [2.24, 2.45) is 0 Å². The molecule has 1 aromatic rings. The van der Waals surface area contributed by atoms with Gasteiger partial charge in [-0.15, -0.1) is 0 Å². The van der Waals surface area contributed by atoms with E-state index in [0.29, 0.717) is 0 Å². The van der Waals surface area contributed by atoms with Gasteiger partial charge in [-0.25, -0.2) is 0 Å². The van der Waals surface area contributed by atoms with E-state index in [9.17, 15) is 0 Å². The molecular formula is C12H14. The summed E-state index contributed by atoms with van der Waals surface area (Å²) in [4.78, 5) is 0. The van der Waals surface area contributed by atoms with E-state index in [2.05, 4.69) is 24.8 Å². The van der Waals surface area contributed by atoms with E-state index in [4.69, 9.17) is 0 Å². The van der Waals surface area contributed by atoms with E-state index < -0.39 is 0 Å². The predicted molar refractivity (Wildman–Crippen MR) is 53.2 cm³/mol. The third-order valence-electron chi connectivity index (χ3n) is 2.65. The van der Waals surface area contributed by atoms with Gasteiger partial charge in [0.2, 0.25) is 0 Å². The monoisotopic (exact) mass is 158 g/mol. The van der Waals surface area contributed by atoms with Gasteiger partial charge >= 0.3 is 0 Å². The molecule has 0 bridgehead atoms. The van der Waals surface area contributed by atoms with E-state index in [1.54, 1.807) is 11.1 Å². The lowest BCUT2D eigenvalue weighted by Gasteiger charge is -2.17.